The van der Waals surface area contributed by atoms with Gasteiger partial charge in [0, 0.05) is 12.0 Å². The molecule has 0 fully saturated rings. The van der Waals surface area contributed by atoms with Gasteiger partial charge in [0.25, 0.3) is 0 Å². The molecule has 0 heterocycles. The monoisotopic (exact) mass is 268 g/mol. The minimum absolute atomic E-state index is 0.258. The van der Waals surface area contributed by atoms with Gasteiger partial charge in [-0.2, -0.15) is 0 Å². The van der Waals surface area contributed by atoms with E-state index < -0.39 is 17.7 Å². The van der Waals surface area contributed by atoms with Gasteiger partial charge in [-0.25, -0.2) is 4.79 Å². The molecule has 0 aromatic heterocycles. The van der Waals surface area contributed by atoms with Crippen LogP contribution in [0.1, 0.15) is 59.8 Å². The fraction of sp³-hybridized carbons (Fsp3) is 0.688. The Bertz CT molecular complexity index is 323. The van der Waals surface area contributed by atoms with Gasteiger partial charge in [0.05, 0.1) is 6.10 Å². The molecule has 0 aromatic carbocycles. The number of esters is 1. The van der Waals surface area contributed by atoms with Crippen LogP contribution in [0.15, 0.2) is 24.3 Å². The van der Waals surface area contributed by atoms with E-state index in [1.807, 2.05) is 20.8 Å². The minimum Gasteiger partial charge on any atom is -0.457 e. The fourth-order valence-electron chi connectivity index (χ4n) is 1.67. The highest BCUT2D eigenvalue weighted by molar-refractivity contribution is 5.88. The normalized spacial score (nSPS) is 12.9. The Morgan fingerprint density at radius 2 is 1.84 bits per heavy atom. The molecule has 1 unspecified atom stereocenters. The maximum Gasteiger partial charge on any atom is 0.334 e. The number of hydrogen-bond acceptors (Lipinski definition) is 3. The molecule has 0 aliphatic rings. The molecule has 0 radical (unpaired) electrons. The molecule has 3 nitrogen and oxygen atoms in total. The van der Waals surface area contributed by atoms with Crippen molar-refractivity contribution in [2.75, 3.05) is 0 Å². The first-order valence-corrected chi connectivity index (χ1v) is 6.91. The Morgan fingerprint density at radius 1 is 1.26 bits per heavy atom. The third kappa shape index (κ3) is 9.48. The lowest BCUT2D eigenvalue weighted by Gasteiger charge is -2.21. The van der Waals surface area contributed by atoms with E-state index >= 15 is 0 Å². The second kappa shape index (κ2) is 8.16. The van der Waals surface area contributed by atoms with Gasteiger partial charge in [-0.1, -0.05) is 32.1 Å². The van der Waals surface area contributed by atoms with Crippen molar-refractivity contribution in [2.24, 2.45) is 0 Å². The number of carbonyl (C=O) groups is 1. The van der Waals surface area contributed by atoms with E-state index in [0.717, 1.165) is 24.8 Å². The smallest absolute Gasteiger partial charge is 0.334 e. The van der Waals surface area contributed by atoms with E-state index in [4.69, 9.17) is 4.74 Å². The summed E-state index contributed by atoms with van der Waals surface area (Å²) in [7, 11) is 0. The zero-order chi connectivity index (χ0) is 15.1. The third-order valence-corrected chi connectivity index (χ3v) is 2.60. The largest absolute Gasteiger partial charge is 0.457 e. The number of carbonyl (C=O) groups excluding carboxylic acids is 1. The van der Waals surface area contributed by atoms with Crippen molar-refractivity contribution in [3.8, 4) is 0 Å². The SMILES string of the molecule is C=C(CCC)CCC(O)CC(=C)C(=O)OC(C)(C)C. The molecule has 1 atom stereocenters. The van der Waals surface area contributed by atoms with Gasteiger partial charge in [-0.15, -0.1) is 0 Å². The molecule has 1 N–H and O–H groups in total. The van der Waals surface area contributed by atoms with Crippen LogP contribution in [0, 0.1) is 0 Å². The van der Waals surface area contributed by atoms with E-state index in [-0.39, 0.29) is 6.42 Å². The Kier molecular flexibility index (Phi) is 7.69. The lowest BCUT2D eigenvalue weighted by atomic mass is 10.0. The molecule has 110 valence electrons. The third-order valence-electron chi connectivity index (χ3n) is 2.60. The molecule has 0 aliphatic heterocycles. The van der Waals surface area contributed by atoms with Gasteiger partial charge in [0.1, 0.15) is 5.60 Å². The Balaban J connectivity index is 4.05. The number of rotatable bonds is 8. The minimum atomic E-state index is -0.561. The van der Waals surface area contributed by atoms with Gasteiger partial charge in [0.15, 0.2) is 0 Å². The number of ether oxygens (including phenoxy) is 1. The lowest BCUT2D eigenvalue weighted by Crippen LogP contribution is -2.25. The lowest BCUT2D eigenvalue weighted by molar-refractivity contribution is -0.150. The maximum absolute atomic E-state index is 11.7. The highest BCUT2D eigenvalue weighted by Crippen LogP contribution is 2.17. The van der Waals surface area contributed by atoms with Crippen LogP contribution in [-0.4, -0.2) is 22.8 Å². The second-order valence-electron chi connectivity index (χ2n) is 6.00. The molecule has 19 heavy (non-hydrogen) atoms. The summed E-state index contributed by atoms with van der Waals surface area (Å²) < 4.78 is 5.20. The molecule has 0 aliphatic carbocycles. The zero-order valence-electron chi connectivity index (χ0n) is 12.8. The van der Waals surface area contributed by atoms with E-state index in [2.05, 4.69) is 20.1 Å². The molecule has 0 rings (SSSR count). The summed E-state index contributed by atoms with van der Waals surface area (Å²) in [4.78, 5) is 11.7. The second-order valence-corrected chi connectivity index (χ2v) is 6.00. The molecule has 3 heteroatoms. The van der Waals surface area contributed by atoms with Crippen molar-refractivity contribution < 1.29 is 14.6 Å². The first-order chi connectivity index (χ1) is 8.65. The van der Waals surface area contributed by atoms with Crippen molar-refractivity contribution in [1.82, 2.24) is 0 Å². The molecule has 0 saturated carbocycles. The summed E-state index contributed by atoms with van der Waals surface area (Å²) in [6.45, 7) is 15.2. The van der Waals surface area contributed by atoms with E-state index in [1.165, 1.54) is 0 Å². The Morgan fingerprint density at radius 3 is 2.32 bits per heavy atom. The molecular weight excluding hydrogens is 240 g/mol. The number of allylic oxidation sites excluding steroid dienone is 1. The molecule has 0 saturated heterocycles. The van der Waals surface area contributed by atoms with Gasteiger partial charge in [-0.05, 0) is 40.0 Å². The molecule has 0 bridgehead atoms. The Hall–Kier alpha value is -1.09. The van der Waals surface area contributed by atoms with Crippen molar-refractivity contribution in [3.05, 3.63) is 24.3 Å². The summed E-state index contributed by atoms with van der Waals surface area (Å²) in [5.41, 5.74) is 0.938. The molecular formula is C16H28O3. The van der Waals surface area contributed by atoms with E-state index in [1.54, 1.807) is 0 Å². The van der Waals surface area contributed by atoms with Gasteiger partial charge in [0.2, 0.25) is 0 Å². The van der Waals surface area contributed by atoms with Crippen LogP contribution < -0.4 is 0 Å². The predicted molar refractivity (Wildman–Crippen MR) is 78.9 cm³/mol. The zero-order valence-corrected chi connectivity index (χ0v) is 12.8. The van der Waals surface area contributed by atoms with E-state index in [0.29, 0.717) is 12.0 Å². The van der Waals surface area contributed by atoms with Crippen LogP contribution in [0.5, 0.6) is 0 Å². The van der Waals surface area contributed by atoms with Crippen molar-refractivity contribution in [1.29, 1.82) is 0 Å². The number of aliphatic hydroxyl groups excluding tert-OH is 1. The van der Waals surface area contributed by atoms with E-state index in [9.17, 15) is 9.90 Å². The predicted octanol–water partition coefficient (Wildman–Crippen LogP) is 3.77. The van der Waals surface area contributed by atoms with Gasteiger partial charge >= 0.3 is 5.97 Å². The average Bonchev–Trinajstić information content (AvgIpc) is 2.24. The highest BCUT2D eigenvalue weighted by atomic mass is 16.6. The van der Waals surface area contributed by atoms with Crippen molar-refractivity contribution in [3.63, 3.8) is 0 Å². The van der Waals surface area contributed by atoms with Crippen LogP contribution in [-0.2, 0) is 9.53 Å². The number of aliphatic hydroxyl groups is 1. The first-order valence-electron chi connectivity index (χ1n) is 6.91. The van der Waals surface area contributed by atoms with Crippen LogP contribution in [0.25, 0.3) is 0 Å². The standard InChI is InChI=1S/C16H28O3/c1-7-8-12(2)9-10-14(17)11-13(3)15(18)19-16(4,5)6/h14,17H,2-3,7-11H2,1,4-6H3. The van der Waals surface area contributed by atoms with Gasteiger partial charge < -0.3 is 9.84 Å². The quantitative estimate of drug-likeness (QED) is 0.414. The summed E-state index contributed by atoms with van der Waals surface area (Å²) >= 11 is 0. The van der Waals surface area contributed by atoms with Crippen LogP contribution in [0.3, 0.4) is 0 Å². The summed E-state index contributed by atoms with van der Waals surface area (Å²) in [6.07, 6.45) is 3.15. The Labute approximate surface area is 117 Å². The van der Waals surface area contributed by atoms with Crippen molar-refractivity contribution in [2.45, 2.75) is 71.5 Å². The summed E-state index contributed by atoms with van der Waals surface area (Å²) in [6, 6.07) is 0. The average molecular weight is 268 g/mol. The van der Waals surface area contributed by atoms with Crippen molar-refractivity contribution >= 4 is 5.97 Å². The molecule has 0 amide bonds. The maximum atomic E-state index is 11.7. The van der Waals surface area contributed by atoms with Gasteiger partial charge in [-0.3, -0.25) is 0 Å². The summed E-state index contributed by atoms with van der Waals surface area (Å²) in [5, 5.41) is 9.87. The highest BCUT2D eigenvalue weighted by Gasteiger charge is 2.20. The topological polar surface area (TPSA) is 46.5 Å². The fourth-order valence-corrected chi connectivity index (χ4v) is 1.67. The first kappa shape index (κ1) is 17.9. The van der Waals surface area contributed by atoms with Crippen LogP contribution in [0.2, 0.25) is 0 Å². The molecule has 0 aromatic rings. The number of hydrogen-bond donors (Lipinski definition) is 1. The van der Waals surface area contributed by atoms with Crippen LogP contribution in [0.4, 0.5) is 0 Å². The summed E-state index contributed by atoms with van der Waals surface area (Å²) in [5.74, 6) is -0.432. The molecule has 0 spiro atoms. The van der Waals surface area contributed by atoms with Crippen LogP contribution >= 0.6 is 0 Å².